The topological polar surface area (TPSA) is 49.4 Å². The molecule has 0 fully saturated rings. The zero-order chi connectivity index (χ0) is 24.6. The molecular weight excluding hydrogens is 415 g/mol. The normalized spacial score (nSPS) is 13.3. The lowest BCUT2D eigenvalue weighted by molar-refractivity contribution is -0.141. The minimum absolute atomic E-state index is 0.0376. The molecule has 1 N–H and O–H groups in total. The summed E-state index contributed by atoms with van der Waals surface area (Å²) in [4.78, 5) is 28.0. The van der Waals surface area contributed by atoms with E-state index >= 15 is 0 Å². The van der Waals surface area contributed by atoms with Crippen LogP contribution in [0.4, 0.5) is 4.39 Å². The van der Waals surface area contributed by atoms with Crippen LogP contribution in [-0.4, -0.2) is 28.8 Å². The molecule has 0 spiro atoms. The number of nitrogens with one attached hydrogen (secondary N) is 1. The van der Waals surface area contributed by atoms with Crippen LogP contribution < -0.4 is 5.32 Å². The summed E-state index contributed by atoms with van der Waals surface area (Å²) in [6.07, 6.45) is 2.24. The quantitative estimate of drug-likeness (QED) is 0.495. The molecule has 0 saturated heterocycles. The number of hydrogen-bond donors (Lipinski definition) is 1. The number of aryl methyl sites for hydroxylation is 1. The molecule has 2 aromatic carbocycles. The molecule has 2 atom stereocenters. The highest BCUT2D eigenvalue weighted by Gasteiger charge is 2.29. The fraction of sp³-hybridized carbons (Fsp3) is 0.500. The van der Waals surface area contributed by atoms with Gasteiger partial charge in [-0.25, -0.2) is 4.39 Å². The van der Waals surface area contributed by atoms with Crippen molar-refractivity contribution in [3.05, 3.63) is 71.0 Å². The van der Waals surface area contributed by atoms with Crippen LogP contribution in [0.25, 0.3) is 0 Å². The maximum atomic E-state index is 13.4. The third-order valence-electron chi connectivity index (χ3n) is 6.10. The molecule has 0 heterocycles. The second-order valence-corrected chi connectivity index (χ2v) is 9.84. The van der Waals surface area contributed by atoms with Crippen molar-refractivity contribution >= 4 is 11.8 Å². The van der Waals surface area contributed by atoms with Gasteiger partial charge in [0.25, 0.3) is 0 Å². The highest BCUT2D eigenvalue weighted by molar-refractivity contribution is 5.87. The first kappa shape index (κ1) is 26.6. The Morgan fingerprint density at radius 2 is 1.52 bits per heavy atom. The molecule has 0 aromatic heterocycles. The number of nitrogens with zero attached hydrogens (tertiary/aromatic N) is 1. The van der Waals surface area contributed by atoms with Gasteiger partial charge in [0.2, 0.25) is 11.8 Å². The summed E-state index contributed by atoms with van der Waals surface area (Å²) in [5.41, 5.74) is 3.23. The SMILES string of the molecule is CC[C@H](C)NC(=O)[C@H](CC)N(Cc1ccc(F)cc1)C(=O)CCc1ccc(C(C)(C)C)cc1. The van der Waals surface area contributed by atoms with Crippen LogP contribution in [0.3, 0.4) is 0 Å². The molecule has 0 radical (unpaired) electrons. The number of carbonyl (C=O) groups is 2. The van der Waals surface area contributed by atoms with Crippen LogP contribution in [0.2, 0.25) is 0 Å². The Hall–Kier alpha value is -2.69. The Labute approximate surface area is 198 Å². The van der Waals surface area contributed by atoms with Gasteiger partial charge in [-0.05, 0) is 60.4 Å². The Morgan fingerprint density at radius 1 is 0.939 bits per heavy atom. The summed E-state index contributed by atoms with van der Waals surface area (Å²) >= 11 is 0. The Bertz CT molecular complexity index is 901. The number of benzene rings is 2. The summed E-state index contributed by atoms with van der Waals surface area (Å²) in [5, 5.41) is 3.01. The van der Waals surface area contributed by atoms with Crippen LogP contribution in [0, 0.1) is 5.82 Å². The van der Waals surface area contributed by atoms with Gasteiger partial charge in [0, 0.05) is 19.0 Å². The van der Waals surface area contributed by atoms with E-state index in [0.717, 1.165) is 17.5 Å². The van der Waals surface area contributed by atoms with Crippen molar-refractivity contribution < 1.29 is 14.0 Å². The molecule has 2 aromatic rings. The lowest BCUT2D eigenvalue weighted by Gasteiger charge is -2.31. The van der Waals surface area contributed by atoms with Crippen LogP contribution in [-0.2, 0) is 28.0 Å². The molecule has 2 rings (SSSR count). The molecule has 0 aliphatic rings. The third kappa shape index (κ3) is 7.99. The van der Waals surface area contributed by atoms with Gasteiger partial charge < -0.3 is 10.2 Å². The van der Waals surface area contributed by atoms with Gasteiger partial charge in [-0.15, -0.1) is 0 Å². The standard InChI is InChI=1S/C28H39FN2O2/c1-7-20(3)30-27(33)25(8-2)31(19-22-11-16-24(29)17-12-22)26(32)18-13-21-9-14-23(15-10-21)28(4,5)6/h9-12,14-17,20,25H,7-8,13,18-19H2,1-6H3,(H,30,33)/t20-,25-/m0/s1. The highest BCUT2D eigenvalue weighted by Crippen LogP contribution is 2.23. The van der Waals surface area contributed by atoms with E-state index in [1.165, 1.54) is 17.7 Å². The summed E-state index contributed by atoms with van der Waals surface area (Å²) in [7, 11) is 0. The number of hydrogen-bond acceptors (Lipinski definition) is 2. The molecule has 0 aliphatic carbocycles. The van der Waals surface area contributed by atoms with Gasteiger partial charge in [0.1, 0.15) is 11.9 Å². The highest BCUT2D eigenvalue weighted by atomic mass is 19.1. The van der Waals surface area contributed by atoms with Crippen molar-refractivity contribution in [1.82, 2.24) is 10.2 Å². The van der Waals surface area contributed by atoms with Gasteiger partial charge in [-0.3, -0.25) is 9.59 Å². The second kappa shape index (κ2) is 12.0. The zero-order valence-electron chi connectivity index (χ0n) is 21.0. The first-order chi connectivity index (χ1) is 15.5. The van der Waals surface area contributed by atoms with E-state index in [-0.39, 0.29) is 35.6 Å². The number of rotatable bonds is 10. The average Bonchev–Trinajstić information content (AvgIpc) is 2.78. The summed E-state index contributed by atoms with van der Waals surface area (Å²) in [5.74, 6) is -0.542. The molecule has 0 unspecified atom stereocenters. The van der Waals surface area contributed by atoms with Crippen LogP contribution in [0.1, 0.15) is 77.5 Å². The van der Waals surface area contributed by atoms with Gasteiger partial charge in [-0.2, -0.15) is 0 Å². The molecule has 0 bridgehead atoms. The number of amides is 2. The number of halogens is 1. The van der Waals surface area contributed by atoms with E-state index in [9.17, 15) is 14.0 Å². The van der Waals surface area contributed by atoms with Crippen molar-refractivity contribution in [2.75, 3.05) is 0 Å². The fourth-order valence-electron chi connectivity index (χ4n) is 3.71. The van der Waals surface area contributed by atoms with Crippen LogP contribution in [0.15, 0.2) is 48.5 Å². The molecule has 5 heteroatoms. The Morgan fingerprint density at radius 3 is 2.03 bits per heavy atom. The maximum Gasteiger partial charge on any atom is 0.243 e. The molecule has 2 amide bonds. The predicted octanol–water partition coefficient (Wildman–Crippen LogP) is 5.78. The largest absolute Gasteiger partial charge is 0.352 e. The smallest absolute Gasteiger partial charge is 0.243 e. The van der Waals surface area contributed by atoms with Gasteiger partial charge in [0.15, 0.2) is 0 Å². The molecule has 180 valence electrons. The van der Waals surface area contributed by atoms with Crippen molar-refractivity contribution in [1.29, 1.82) is 0 Å². The Balaban J connectivity index is 2.19. The molecule has 4 nitrogen and oxygen atoms in total. The molecular formula is C28H39FN2O2. The van der Waals surface area contributed by atoms with E-state index in [4.69, 9.17) is 0 Å². The summed E-state index contributed by atoms with van der Waals surface area (Å²) in [6.45, 7) is 12.7. The van der Waals surface area contributed by atoms with Crippen molar-refractivity contribution in [2.24, 2.45) is 0 Å². The molecule has 0 saturated carbocycles. The Kier molecular flexibility index (Phi) is 9.63. The van der Waals surface area contributed by atoms with E-state index < -0.39 is 6.04 Å². The predicted molar refractivity (Wildman–Crippen MR) is 132 cm³/mol. The van der Waals surface area contributed by atoms with Gasteiger partial charge in [-0.1, -0.05) is 71.0 Å². The van der Waals surface area contributed by atoms with Crippen LogP contribution in [0.5, 0.6) is 0 Å². The minimum atomic E-state index is -0.570. The summed E-state index contributed by atoms with van der Waals surface area (Å²) in [6, 6.07) is 13.9. The second-order valence-electron chi connectivity index (χ2n) is 9.84. The van der Waals surface area contributed by atoms with Crippen molar-refractivity contribution in [2.45, 2.75) is 91.3 Å². The maximum absolute atomic E-state index is 13.4. The monoisotopic (exact) mass is 454 g/mol. The van der Waals surface area contributed by atoms with E-state index in [1.807, 2.05) is 20.8 Å². The first-order valence-electron chi connectivity index (χ1n) is 12.0. The van der Waals surface area contributed by atoms with Gasteiger partial charge >= 0.3 is 0 Å². The van der Waals surface area contributed by atoms with E-state index in [0.29, 0.717) is 19.3 Å². The summed E-state index contributed by atoms with van der Waals surface area (Å²) < 4.78 is 13.4. The third-order valence-corrected chi connectivity index (χ3v) is 6.10. The lowest BCUT2D eigenvalue weighted by atomic mass is 9.86. The molecule has 33 heavy (non-hydrogen) atoms. The van der Waals surface area contributed by atoms with Gasteiger partial charge in [0.05, 0.1) is 0 Å². The van der Waals surface area contributed by atoms with Crippen molar-refractivity contribution in [3.63, 3.8) is 0 Å². The average molecular weight is 455 g/mol. The fourth-order valence-corrected chi connectivity index (χ4v) is 3.71. The minimum Gasteiger partial charge on any atom is -0.352 e. The van der Waals surface area contributed by atoms with Crippen LogP contribution >= 0.6 is 0 Å². The first-order valence-corrected chi connectivity index (χ1v) is 12.0. The molecule has 0 aliphatic heterocycles. The van der Waals surface area contributed by atoms with Crippen molar-refractivity contribution in [3.8, 4) is 0 Å². The number of carbonyl (C=O) groups excluding carboxylic acids is 2. The lowest BCUT2D eigenvalue weighted by Crippen LogP contribution is -2.50. The van der Waals surface area contributed by atoms with E-state index in [1.54, 1.807) is 17.0 Å². The zero-order valence-corrected chi connectivity index (χ0v) is 21.0. The van der Waals surface area contributed by atoms with E-state index in [2.05, 4.69) is 50.4 Å².